The lowest BCUT2D eigenvalue weighted by molar-refractivity contribution is -0.0893. The quantitative estimate of drug-likeness (QED) is 0.0821. The third kappa shape index (κ3) is 13.1. The van der Waals surface area contributed by atoms with Crippen molar-refractivity contribution in [2.75, 3.05) is 28.4 Å². The molecule has 12 nitrogen and oxygen atoms in total. The number of carbonyl (C=O) groups is 2. The molecule has 0 aliphatic carbocycles. The summed E-state index contributed by atoms with van der Waals surface area (Å²) in [6, 6.07) is 7.48. The first-order valence-corrected chi connectivity index (χ1v) is 17.7. The number of hydrogen-bond acceptors (Lipinski definition) is 10. The van der Waals surface area contributed by atoms with E-state index in [9.17, 15) is 14.7 Å². The predicted molar refractivity (Wildman–Crippen MR) is 218 cm³/mol. The molecule has 0 saturated heterocycles. The number of ether oxygens (including phenoxy) is 4. The highest BCUT2D eigenvalue weighted by Crippen LogP contribution is 2.28. The number of rotatable bonds is 11. The van der Waals surface area contributed by atoms with Crippen molar-refractivity contribution in [1.29, 1.82) is 0 Å². The van der Waals surface area contributed by atoms with Gasteiger partial charge in [-0.25, -0.2) is 19.6 Å². The number of H-pyrrole nitrogens is 2. The summed E-state index contributed by atoms with van der Waals surface area (Å²) in [6.45, 7) is 19.7. The van der Waals surface area contributed by atoms with Crippen LogP contribution in [0.5, 0.6) is 0 Å². The molecular formula is C39H57BIN4O8. The van der Waals surface area contributed by atoms with Crippen LogP contribution >= 0.6 is 22.6 Å². The number of aliphatic hydroxyl groups is 1. The number of imidazole rings is 2. The zero-order chi connectivity index (χ0) is 39.6. The molecule has 1 radical (unpaired) electrons. The molecule has 0 amide bonds. The molecule has 0 aliphatic rings. The molecule has 14 heteroatoms. The molecule has 53 heavy (non-hydrogen) atoms. The van der Waals surface area contributed by atoms with E-state index in [0.29, 0.717) is 24.3 Å². The van der Waals surface area contributed by atoms with Crippen LogP contribution in [0.1, 0.15) is 101 Å². The van der Waals surface area contributed by atoms with Crippen molar-refractivity contribution in [3.05, 3.63) is 84.4 Å². The van der Waals surface area contributed by atoms with Crippen LogP contribution in [0.3, 0.4) is 0 Å². The van der Waals surface area contributed by atoms with E-state index in [1.165, 1.54) is 14.2 Å². The van der Waals surface area contributed by atoms with Crippen LogP contribution in [-0.4, -0.2) is 84.1 Å². The lowest BCUT2D eigenvalue weighted by Crippen LogP contribution is -2.49. The van der Waals surface area contributed by atoms with Gasteiger partial charge in [-0.1, -0.05) is 31.2 Å². The molecule has 0 fully saturated rings. The Bertz CT molecular complexity index is 1810. The Balaban J connectivity index is 0.000000418. The van der Waals surface area contributed by atoms with E-state index < -0.39 is 11.2 Å². The number of esters is 2. The zero-order valence-electron chi connectivity index (χ0n) is 32.9. The van der Waals surface area contributed by atoms with Gasteiger partial charge in [0.1, 0.15) is 28.6 Å². The van der Waals surface area contributed by atoms with Crippen molar-refractivity contribution in [1.82, 2.24) is 19.9 Å². The normalized spacial score (nSPS) is 11.0. The fraction of sp³-hybridized carbons (Fsp3) is 0.487. The molecule has 2 aromatic heterocycles. The van der Waals surface area contributed by atoms with E-state index in [0.717, 1.165) is 65.7 Å². The van der Waals surface area contributed by atoms with Crippen molar-refractivity contribution in [2.45, 2.75) is 101 Å². The molecule has 0 spiro atoms. The molecule has 0 aliphatic heterocycles. The summed E-state index contributed by atoms with van der Waals surface area (Å²) in [4.78, 5) is 38.7. The fourth-order valence-corrected chi connectivity index (χ4v) is 5.24. The molecule has 2 aromatic carbocycles. The van der Waals surface area contributed by atoms with E-state index >= 15 is 0 Å². The van der Waals surface area contributed by atoms with Crippen LogP contribution in [0.2, 0.25) is 0 Å². The number of aromatic nitrogens is 4. The van der Waals surface area contributed by atoms with Crippen molar-refractivity contribution < 1.29 is 38.3 Å². The molecule has 291 valence electrons. The van der Waals surface area contributed by atoms with Gasteiger partial charge in [-0.15, -0.1) is 0 Å². The average molecular weight is 848 g/mol. The second-order valence-electron chi connectivity index (χ2n) is 13.4. The number of halogens is 1. The van der Waals surface area contributed by atoms with Gasteiger partial charge in [-0.2, -0.15) is 0 Å². The van der Waals surface area contributed by atoms with Crippen LogP contribution in [0.25, 0.3) is 11.3 Å². The third-order valence-electron chi connectivity index (χ3n) is 8.57. The maximum atomic E-state index is 11.9. The first kappa shape index (κ1) is 47.5. The summed E-state index contributed by atoms with van der Waals surface area (Å²) in [5, 5.41) is 10.1. The van der Waals surface area contributed by atoms with Crippen LogP contribution in [0.4, 0.5) is 0 Å². The molecule has 3 N–H and O–H groups in total. The number of benzene rings is 2. The van der Waals surface area contributed by atoms with Crippen LogP contribution in [0, 0.1) is 45.2 Å². The first-order valence-electron chi connectivity index (χ1n) is 16.6. The van der Waals surface area contributed by atoms with Gasteiger partial charge in [-0.3, -0.25) is 0 Å². The second-order valence-corrected chi connectivity index (χ2v) is 14.4. The number of carbonyl (C=O) groups excluding carboxylic acids is 2. The van der Waals surface area contributed by atoms with E-state index in [1.807, 2.05) is 73.6 Å². The highest BCUT2D eigenvalue weighted by molar-refractivity contribution is 14.1. The molecular weight excluding hydrogens is 790 g/mol. The number of nitrogens with one attached hydrogen (secondary N) is 2. The fourth-order valence-electron chi connectivity index (χ4n) is 4.81. The zero-order valence-corrected chi connectivity index (χ0v) is 35.0. The monoisotopic (exact) mass is 847 g/mol. The lowest BCUT2D eigenvalue weighted by atomic mass is 9.79. The van der Waals surface area contributed by atoms with Crippen molar-refractivity contribution in [3.63, 3.8) is 0 Å². The van der Waals surface area contributed by atoms with Gasteiger partial charge in [0, 0.05) is 31.2 Å². The van der Waals surface area contributed by atoms with Crippen LogP contribution in [-0.2, 0) is 36.8 Å². The molecule has 4 aromatic rings. The van der Waals surface area contributed by atoms with Gasteiger partial charge in [0.15, 0.2) is 0 Å². The van der Waals surface area contributed by atoms with Gasteiger partial charge in [0.25, 0.3) is 0 Å². The SMILES string of the molecule is C.COC(=O)c1cc([B]OC(C)(C)C(C)(C)O)c(C)cc1C.COCc1nc(-c2cc(C(=O)OC)c(C)cc2C)c(C)[nH]1.COCc1nc(I)c(C)[nH]1. The van der Waals surface area contributed by atoms with Crippen LogP contribution < -0.4 is 5.46 Å². The second kappa shape index (κ2) is 20.8. The number of methoxy groups -OCH3 is 4. The van der Waals surface area contributed by atoms with E-state index in [1.54, 1.807) is 41.6 Å². The third-order valence-corrected chi connectivity index (χ3v) is 9.62. The Morgan fingerprint density at radius 3 is 1.66 bits per heavy atom. The van der Waals surface area contributed by atoms with Crippen LogP contribution in [0.15, 0.2) is 24.3 Å². The minimum atomic E-state index is -0.993. The van der Waals surface area contributed by atoms with E-state index in [4.69, 9.17) is 23.6 Å². The van der Waals surface area contributed by atoms with Crippen molar-refractivity contribution in [3.8, 4) is 11.3 Å². The smallest absolute Gasteiger partial charge is 0.338 e. The highest BCUT2D eigenvalue weighted by atomic mass is 127. The predicted octanol–water partition coefficient (Wildman–Crippen LogP) is 6.94. The van der Waals surface area contributed by atoms with Gasteiger partial charge in [0.05, 0.1) is 42.2 Å². The molecule has 2 heterocycles. The standard InChI is InChI=1S/C16H24BO4.C16H20N2O3.C6H9IN2O.CH4/c1-10-8-11(2)13(9-12(10)14(18)20-7)17-21-16(5,6)15(3,4)19;1-9-6-10(2)13(16(19)21-5)7-12(9)15-11(3)17-14(18-15)8-20-4;1-4-6(7)9-5(8-4)3-10-2;/h8-9,19H,1-7H3;6-7H,8H2,1-5H3,(H,17,18);3H2,1-2H3,(H,8,9);1H4. The van der Waals surface area contributed by atoms with Gasteiger partial charge < -0.3 is 38.7 Å². The Morgan fingerprint density at radius 1 is 0.736 bits per heavy atom. The summed E-state index contributed by atoms with van der Waals surface area (Å²) in [7, 11) is 7.62. The largest absolute Gasteiger partial charge is 0.465 e. The van der Waals surface area contributed by atoms with Crippen molar-refractivity contribution in [2.24, 2.45) is 0 Å². The molecule has 4 rings (SSSR count). The lowest BCUT2D eigenvalue weighted by Gasteiger charge is -2.37. The summed E-state index contributed by atoms with van der Waals surface area (Å²) < 4.78 is 26.4. The number of nitrogens with zero attached hydrogens (tertiary/aromatic N) is 2. The molecule has 0 saturated carbocycles. The Kier molecular flexibility index (Phi) is 18.6. The van der Waals surface area contributed by atoms with Gasteiger partial charge in [0.2, 0.25) is 0 Å². The summed E-state index contributed by atoms with van der Waals surface area (Å²) >= 11 is 2.19. The maximum absolute atomic E-state index is 11.9. The minimum absolute atomic E-state index is 0. The summed E-state index contributed by atoms with van der Waals surface area (Å²) in [5.41, 5.74) is 7.76. The van der Waals surface area contributed by atoms with Crippen molar-refractivity contribution >= 4 is 47.5 Å². The topological polar surface area (TPSA) is 158 Å². The van der Waals surface area contributed by atoms with E-state index in [-0.39, 0.29) is 19.4 Å². The Labute approximate surface area is 329 Å². The Morgan fingerprint density at radius 2 is 1.21 bits per heavy atom. The summed E-state index contributed by atoms with van der Waals surface area (Å²) in [6.07, 6.45) is 0. The maximum Gasteiger partial charge on any atom is 0.338 e. The number of aromatic amines is 2. The molecule has 0 unspecified atom stereocenters. The average Bonchev–Trinajstić information content (AvgIpc) is 3.59. The Hall–Kier alpha value is -3.57. The van der Waals surface area contributed by atoms with Gasteiger partial charge >= 0.3 is 19.4 Å². The molecule has 0 bridgehead atoms. The number of hydrogen-bond donors (Lipinski definition) is 3. The summed E-state index contributed by atoms with van der Waals surface area (Å²) in [5.74, 6) is 0.956. The van der Waals surface area contributed by atoms with E-state index in [2.05, 4.69) is 42.5 Å². The first-order chi connectivity index (χ1) is 24.2. The molecule has 0 atom stereocenters. The number of aryl methyl sites for hydroxylation is 6. The minimum Gasteiger partial charge on any atom is -0.465 e. The van der Waals surface area contributed by atoms with Gasteiger partial charge in [-0.05, 0) is 120 Å². The highest BCUT2D eigenvalue weighted by Gasteiger charge is 2.36.